The summed E-state index contributed by atoms with van der Waals surface area (Å²) in [5.74, 6) is 0. The van der Waals surface area contributed by atoms with Gasteiger partial charge in [0.1, 0.15) is 0 Å². The van der Waals surface area contributed by atoms with Gasteiger partial charge in [-0.05, 0) is 58.6 Å². The van der Waals surface area contributed by atoms with Crippen LogP contribution in [0.1, 0.15) is 63.4 Å². The maximum absolute atomic E-state index is 5.76. The summed E-state index contributed by atoms with van der Waals surface area (Å²) in [5.41, 5.74) is 2.44. The van der Waals surface area contributed by atoms with Gasteiger partial charge in [0.05, 0.1) is 17.5 Å². The predicted octanol–water partition coefficient (Wildman–Crippen LogP) is 3.21. The van der Waals surface area contributed by atoms with Crippen molar-refractivity contribution in [2.24, 2.45) is 0 Å². The van der Waals surface area contributed by atoms with E-state index >= 15 is 0 Å². The molecule has 4 heteroatoms. The van der Waals surface area contributed by atoms with Crippen LogP contribution in [0, 0.1) is 6.92 Å². The lowest BCUT2D eigenvalue weighted by atomic mass is 10.0. The van der Waals surface area contributed by atoms with Gasteiger partial charge in [0, 0.05) is 19.2 Å². The molecular weight excluding hydrogens is 250 g/mol. The molecule has 1 N–H and O–H groups in total. The molecule has 0 aromatic carbocycles. The minimum Gasteiger partial charge on any atom is -0.378 e. The van der Waals surface area contributed by atoms with Crippen molar-refractivity contribution >= 4 is 0 Å². The lowest BCUT2D eigenvalue weighted by molar-refractivity contribution is 0.0993. The van der Waals surface area contributed by atoms with Crippen LogP contribution in [0.2, 0.25) is 0 Å². The van der Waals surface area contributed by atoms with Gasteiger partial charge in [-0.1, -0.05) is 6.92 Å². The molecular formula is C16H29N3O. The lowest BCUT2D eigenvalue weighted by Gasteiger charge is -2.21. The highest BCUT2D eigenvalue weighted by Gasteiger charge is 2.21. The second kappa shape index (κ2) is 7.79. The Hall–Kier alpha value is -0.870. The van der Waals surface area contributed by atoms with Crippen molar-refractivity contribution in [1.29, 1.82) is 0 Å². The Kier molecular flexibility index (Phi) is 6.05. The van der Waals surface area contributed by atoms with E-state index < -0.39 is 0 Å². The normalized spacial score (nSPS) is 20.4. The van der Waals surface area contributed by atoms with E-state index in [1.165, 1.54) is 18.5 Å². The highest BCUT2D eigenvalue weighted by molar-refractivity contribution is 5.13. The van der Waals surface area contributed by atoms with Gasteiger partial charge >= 0.3 is 0 Å². The minimum absolute atomic E-state index is 0.403. The number of hydrogen-bond donors (Lipinski definition) is 1. The van der Waals surface area contributed by atoms with Gasteiger partial charge < -0.3 is 10.1 Å². The van der Waals surface area contributed by atoms with Crippen LogP contribution < -0.4 is 5.32 Å². The van der Waals surface area contributed by atoms with Crippen molar-refractivity contribution in [2.75, 3.05) is 13.2 Å². The van der Waals surface area contributed by atoms with E-state index in [1.807, 2.05) is 0 Å². The molecule has 1 aliphatic rings. The van der Waals surface area contributed by atoms with Crippen LogP contribution in [0.25, 0.3) is 0 Å². The molecule has 2 heterocycles. The molecule has 2 rings (SSSR count). The molecule has 1 aliphatic heterocycles. The lowest BCUT2D eigenvalue weighted by Crippen LogP contribution is -2.26. The first kappa shape index (κ1) is 15.5. The van der Waals surface area contributed by atoms with Crippen molar-refractivity contribution in [1.82, 2.24) is 15.1 Å². The van der Waals surface area contributed by atoms with Gasteiger partial charge in [0.2, 0.25) is 0 Å². The number of aryl methyl sites for hydroxylation is 2. The van der Waals surface area contributed by atoms with E-state index in [-0.39, 0.29) is 0 Å². The summed E-state index contributed by atoms with van der Waals surface area (Å²) in [7, 11) is 0. The Balaban J connectivity index is 2.00. The third kappa shape index (κ3) is 4.06. The van der Waals surface area contributed by atoms with E-state index in [2.05, 4.69) is 41.9 Å². The fourth-order valence-corrected chi connectivity index (χ4v) is 3.00. The van der Waals surface area contributed by atoms with Gasteiger partial charge in [-0.3, -0.25) is 4.68 Å². The zero-order valence-electron chi connectivity index (χ0n) is 13.2. The molecule has 0 amide bonds. The first-order valence-electron chi connectivity index (χ1n) is 8.14. The fourth-order valence-electron chi connectivity index (χ4n) is 3.00. The number of nitrogens with one attached hydrogen (secondary N) is 1. The van der Waals surface area contributed by atoms with Crippen molar-refractivity contribution in [2.45, 2.75) is 71.6 Å². The van der Waals surface area contributed by atoms with Crippen LogP contribution in [0.15, 0.2) is 6.07 Å². The summed E-state index contributed by atoms with van der Waals surface area (Å²) < 4.78 is 7.89. The predicted molar refractivity (Wildman–Crippen MR) is 81.9 cm³/mol. The molecule has 1 fully saturated rings. The van der Waals surface area contributed by atoms with Crippen molar-refractivity contribution < 1.29 is 4.74 Å². The Morgan fingerprint density at radius 3 is 3.00 bits per heavy atom. The number of hydrogen-bond acceptors (Lipinski definition) is 3. The first-order valence-corrected chi connectivity index (χ1v) is 8.14. The van der Waals surface area contributed by atoms with Crippen LogP contribution in [-0.2, 0) is 11.3 Å². The number of rotatable bonds is 8. The molecule has 0 aliphatic carbocycles. The Bertz CT molecular complexity index is 396. The van der Waals surface area contributed by atoms with Gasteiger partial charge in [-0.15, -0.1) is 0 Å². The third-order valence-corrected chi connectivity index (χ3v) is 4.03. The highest BCUT2D eigenvalue weighted by Crippen LogP contribution is 2.24. The molecule has 0 radical (unpaired) electrons. The quantitative estimate of drug-likeness (QED) is 0.794. The molecule has 1 saturated heterocycles. The molecule has 114 valence electrons. The average molecular weight is 279 g/mol. The summed E-state index contributed by atoms with van der Waals surface area (Å²) in [5, 5.41) is 8.26. The standard InChI is InChI=1S/C16H29N3O/c1-4-10-17-15(9-8-14-7-6-11-20-14)16-12-13(3)18-19(16)5-2/h12,14-15,17H,4-11H2,1-3H3. The second-order valence-electron chi connectivity index (χ2n) is 5.75. The van der Waals surface area contributed by atoms with Crippen LogP contribution >= 0.6 is 0 Å². The fraction of sp³-hybridized carbons (Fsp3) is 0.812. The Labute approximate surface area is 122 Å². The molecule has 4 nitrogen and oxygen atoms in total. The summed E-state index contributed by atoms with van der Waals surface area (Å²) in [4.78, 5) is 0. The van der Waals surface area contributed by atoms with Crippen LogP contribution in [0.5, 0.6) is 0 Å². The highest BCUT2D eigenvalue weighted by atomic mass is 16.5. The molecule has 2 atom stereocenters. The summed E-state index contributed by atoms with van der Waals surface area (Å²) in [6.45, 7) is 9.40. The molecule has 1 aromatic heterocycles. The van der Waals surface area contributed by atoms with E-state index in [1.54, 1.807) is 0 Å². The van der Waals surface area contributed by atoms with Crippen molar-refractivity contribution in [3.63, 3.8) is 0 Å². The van der Waals surface area contributed by atoms with E-state index in [0.29, 0.717) is 12.1 Å². The monoisotopic (exact) mass is 279 g/mol. The molecule has 1 aromatic rings. The number of aromatic nitrogens is 2. The summed E-state index contributed by atoms with van der Waals surface area (Å²) >= 11 is 0. The van der Waals surface area contributed by atoms with Gasteiger partial charge in [-0.25, -0.2) is 0 Å². The molecule has 0 spiro atoms. The van der Waals surface area contributed by atoms with Crippen LogP contribution in [-0.4, -0.2) is 29.0 Å². The topological polar surface area (TPSA) is 39.1 Å². The van der Waals surface area contributed by atoms with Gasteiger partial charge in [-0.2, -0.15) is 5.10 Å². The van der Waals surface area contributed by atoms with Gasteiger partial charge in [0.15, 0.2) is 0 Å². The molecule has 2 unspecified atom stereocenters. The maximum Gasteiger partial charge on any atom is 0.0597 e. The van der Waals surface area contributed by atoms with Crippen molar-refractivity contribution in [3.05, 3.63) is 17.5 Å². The Morgan fingerprint density at radius 2 is 2.35 bits per heavy atom. The van der Waals surface area contributed by atoms with Crippen LogP contribution in [0.4, 0.5) is 0 Å². The van der Waals surface area contributed by atoms with E-state index in [4.69, 9.17) is 4.74 Å². The zero-order valence-corrected chi connectivity index (χ0v) is 13.2. The first-order chi connectivity index (χ1) is 9.74. The minimum atomic E-state index is 0.403. The average Bonchev–Trinajstić information content (AvgIpc) is 3.08. The Morgan fingerprint density at radius 1 is 1.50 bits per heavy atom. The maximum atomic E-state index is 5.76. The number of ether oxygens (including phenoxy) is 1. The van der Waals surface area contributed by atoms with Crippen molar-refractivity contribution in [3.8, 4) is 0 Å². The summed E-state index contributed by atoms with van der Waals surface area (Å²) in [6, 6.07) is 2.63. The smallest absolute Gasteiger partial charge is 0.0597 e. The molecule has 0 saturated carbocycles. The summed E-state index contributed by atoms with van der Waals surface area (Å²) in [6.07, 6.45) is 6.37. The van der Waals surface area contributed by atoms with E-state index in [0.717, 1.165) is 44.7 Å². The molecule has 0 bridgehead atoms. The third-order valence-electron chi connectivity index (χ3n) is 4.03. The van der Waals surface area contributed by atoms with Gasteiger partial charge in [0.25, 0.3) is 0 Å². The molecule has 20 heavy (non-hydrogen) atoms. The SMILES string of the molecule is CCCNC(CCC1CCCO1)c1cc(C)nn1CC. The van der Waals surface area contributed by atoms with Crippen LogP contribution in [0.3, 0.4) is 0 Å². The second-order valence-corrected chi connectivity index (χ2v) is 5.75. The number of nitrogens with zero attached hydrogens (tertiary/aromatic N) is 2. The zero-order chi connectivity index (χ0) is 14.4. The van der Waals surface area contributed by atoms with E-state index in [9.17, 15) is 0 Å². The largest absolute Gasteiger partial charge is 0.378 e.